The Kier molecular flexibility index (Phi) is 4.90. The molecule has 3 rings (SSSR count). The summed E-state index contributed by atoms with van der Waals surface area (Å²) in [6, 6.07) is 8.41. The zero-order valence-electron chi connectivity index (χ0n) is 13.5. The molecule has 1 unspecified atom stereocenters. The van der Waals surface area contributed by atoms with Gasteiger partial charge in [-0.15, -0.1) is 0 Å². The second-order valence-electron chi connectivity index (χ2n) is 6.09. The molecule has 0 radical (unpaired) electrons. The summed E-state index contributed by atoms with van der Waals surface area (Å²) in [5, 5.41) is 3.51. The number of primary amides is 1. The third-order valence-corrected chi connectivity index (χ3v) is 4.73. The number of carbonyl (C=O) groups is 2. The van der Waals surface area contributed by atoms with E-state index in [2.05, 4.69) is 10.3 Å². The number of aryl methyl sites for hydroxylation is 1. The molecule has 0 fully saturated rings. The van der Waals surface area contributed by atoms with Gasteiger partial charge in [0.2, 0.25) is 5.91 Å². The molecule has 0 bridgehead atoms. The number of hydrogen-bond acceptors (Lipinski definition) is 3. The highest BCUT2D eigenvalue weighted by Gasteiger charge is 2.25. The van der Waals surface area contributed by atoms with Gasteiger partial charge in [0.05, 0.1) is 12.5 Å². The maximum absolute atomic E-state index is 12.4. The van der Waals surface area contributed by atoms with Gasteiger partial charge >= 0.3 is 0 Å². The van der Waals surface area contributed by atoms with E-state index < -0.39 is 11.5 Å². The smallest absolute Gasteiger partial charge is 0.261 e. The fraction of sp³-hybridized carbons (Fsp3) is 0.278. The van der Waals surface area contributed by atoms with Crippen molar-refractivity contribution in [3.63, 3.8) is 0 Å². The highest BCUT2D eigenvalue weighted by atomic mass is 35.5. The molecule has 130 valence electrons. The predicted octanol–water partition coefficient (Wildman–Crippen LogP) is 1.86. The quantitative estimate of drug-likeness (QED) is 0.775. The Labute approximate surface area is 149 Å². The van der Waals surface area contributed by atoms with Gasteiger partial charge in [-0.3, -0.25) is 14.4 Å². The minimum absolute atomic E-state index is 0.0917. The minimum atomic E-state index is -0.782. The molecule has 2 amide bonds. The van der Waals surface area contributed by atoms with Gasteiger partial charge in [-0.2, -0.15) is 0 Å². The maximum Gasteiger partial charge on any atom is 0.261 e. The number of carbonyl (C=O) groups excluding carboxylic acids is 2. The molecule has 1 aliphatic carbocycles. The Morgan fingerprint density at radius 1 is 1.32 bits per heavy atom. The normalized spacial score (nSPS) is 16.1. The summed E-state index contributed by atoms with van der Waals surface area (Å²) in [5.41, 5.74) is 6.90. The van der Waals surface area contributed by atoms with Gasteiger partial charge in [0.15, 0.2) is 0 Å². The van der Waals surface area contributed by atoms with Crippen molar-refractivity contribution in [1.82, 2.24) is 10.3 Å². The van der Waals surface area contributed by atoms with Gasteiger partial charge in [0, 0.05) is 10.7 Å². The lowest BCUT2D eigenvalue weighted by Crippen LogP contribution is -2.34. The Morgan fingerprint density at radius 3 is 2.80 bits per heavy atom. The molecule has 4 N–H and O–H groups in total. The number of amides is 2. The van der Waals surface area contributed by atoms with Crippen molar-refractivity contribution in [2.24, 2.45) is 5.73 Å². The van der Waals surface area contributed by atoms with Crippen LogP contribution >= 0.6 is 11.6 Å². The summed E-state index contributed by atoms with van der Waals surface area (Å²) in [6.07, 6.45) is 2.42. The first-order valence-corrected chi connectivity index (χ1v) is 8.42. The molecular weight excluding hydrogens is 342 g/mol. The van der Waals surface area contributed by atoms with Gasteiger partial charge in [-0.1, -0.05) is 29.8 Å². The summed E-state index contributed by atoms with van der Waals surface area (Å²) in [4.78, 5) is 38.4. The van der Waals surface area contributed by atoms with E-state index >= 15 is 0 Å². The lowest BCUT2D eigenvalue weighted by Gasteiger charge is -2.26. The molecular formula is C18H18ClN3O3. The summed E-state index contributed by atoms with van der Waals surface area (Å²) >= 11 is 6.09. The molecule has 0 spiro atoms. The van der Waals surface area contributed by atoms with E-state index in [1.807, 2.05) is 12.1 Å². The average molecular weight is 360 g/mol. The molecule has 7 heteroatoms. The van der Waals surface area contributed by atoms with Crippen molar-refractivity contribution in [3.8, 4) is 0 Å². The highest BCUT2D eigenvalue weighted by Crippen LogP contribution is 2.28. The number of aromatic nitrogens is 1. The zero-order valence-corrected chi connectivity index (χ0v) is 14.2. The molecule has 1 aromatic carbocycles. The average Bonchev–Trinajstić information content (AvgIpc) is 2.56. The molecule has 6 nitrogen and oxygen atoms in total. The summed E-state index contributed by atoms with van der Waals surface area (Å²) in [7, 11) is 0. The van der Waals surface area contributed by atoms with Crippen LogP contribution < -0.4 is 16.6 Å². The first-order chi connectivity index (χ1) is 12.0. The van der Waals surface area contributed by atoms with E-state index in [9.17, 15) is 14.4 Å². The van der Waals surface area contributed by atoms with E-state index in [4.69, 9.17) is 17.3 Å². The summed E-state index contributed by atoms with van der Waals surface area (Å²) < 4.78 is 0. The Balaban J connectivity index is 1.82. The van der Waals surface area contributed by atoms with Gasteiger partial charge in [0.1, 0.15) is 5.56 Å². The van der Waals surface area contributed by atoms with Crippen LogP contribution in [0.15, 0.2) is 35.1 Å². The number of hydrogen-bond donors (Lipinski definition) is 3. The fourth-order valence-electron chi connectivity index (χ4n) is 3.13. The number of aromatic amines is 1. The number of nitrogens with one attached hydrogen (secondary N) is 2. The van der Waals surface area contributed by atoms with Crippen LogP contribution in [-0.2, 0) is 17.6 Å². The van der Waals surface area contributed by atoms with Crippen LogP contribution in [0.3, 0.4) is 0 Å². The van der Waals surface area contributed by atoms with E-state index in [0.29, 0.717) is 11.4 Å². The first kappa shape index (κ1) is 17.2. The van der Waals surface area contributed by atoms with Crippen molar-refractivity contribution in [2.75, 3.05) is 0 Å². The molecule has 1 aliphatic rings. The van der Waals surface area contributed by atoms with Crippen molar-refractivity contribution in [2.45, 2.75) is 31.7 Å². The lowest BCUT2D eigenvalue weighted by atomic mass is 9.90. The Hall–Kier alpha value is -2.60. The SMILES string of the molecule is NC(=O)c1cc2c([nH]c1=O)CCCC2NC(=O)Cc1ccccc1Cl. The largest absolute Gasteiger partial charge is 0.365 e. The van der Waals surface area contributed by atoms with E-state index in [0.717, 1.165) is 29.7 Å². The van der Waals surface area contributed by atoms with E-state index in [-0.39, 0.29) is 23.9 Å². The molecule has 1 atom stereocenters. The van der Waals surface area contributed by atoms with Crippen molar-refractivity contribution in [3.05, 3.63) is 68.1 Å². The van der Waals surface area contributed by atoms with Crippen LogP contribution in [0.1, 0.15) is 46.1 Å². The molecule has 1 aromatic heterocycles. The lowest BCUT2D eigenvalue weighted by molar-refractivity contribution is -0.121. The van der Waals surface area contributed by atoms with Gasteiger partial charge in [-0.25, -0.2) is 0 Å². The van der Waals surface area contributed by atoms with Crippen LogP contribution in [0.5, 0.6) is 0 Å². The number of fused-ring (bicyclic) bond motifs is 1. The summed E-state index contributed by atoms with van der Waals surface area (Å²) in [5.74, 6) is -0.950. The number of pyridine rings is 1. The molecule has 0 saturated heterocycles. The maximum atomic E-state index is 12.4. The fourth-order valence-corrected chi connectivity index (χ4v) is 3.34. The zero-order chi connectivity index (χ0) is 18.0. The van der Waals surface area contributed by atoms with Crippen molar-refractivity contribution >= 4 is 23.4 Å². The summed E-state index contributed by atoms with van der Waals surface area (Å²) in [6.45, 7) is 0. The number of nitrogens with two attached hydrogens (primary N) is 1. The van der Waals surface area contributed by atoms with Crippen LogP contribution in [0.25, 0.3) is 0 Å². The third kappa shape index (κ3) is 3.74. The molecule has 0 saturated carbocycles. The van der Waals surface area contributed by atoms with Gasteiger partial charge < -0.3 is 16.0 Å². The van der Waals surface area contributed by atoms with E-state index in [1.54, 1.807) is 12.1 Å². The van der Waals surface area contributed by atoms with Crippen LogP contribution in [-0.4, -0.2) is 16.8 Å². The van der Waals surface area contributed by atoms with Gasteiger partial charge in [0.25, 0.3) is 11.5 Å². The molecule has 1 heterocycles. The number of halogens is 1. The van der Waals surface area contributed by atoms with E-state index in [1.165, 1.54) is 6.07 Å². The molecule has 2 aromatic rings. The topological polar surface area (TPSA) is 105 Å². The number of rotatable bonds is 4. The first-order valence-electron chi connectivity index (χ1n) is 8.04. The Bertz CT molecular complexity index is 891. The third-order valence-electron chi connectivity index (χ3n) is 4.36. The number of benzene rings is 1. The second-order valence-corrected chi connectivity index (χ2v) is 6.50. The standard InChI is InChI=1S/C18H18ClN3O3/c19-13-5-2-1-4-10(13)8-16(23)21-14-6-3-7-15-11(14)9-12(17(20)24)18(25)22-15/h1-2,4-5,9,14H,3,6-8H2,(H2,20,24)(H,21,23)(H,22,25). The van der Waals surface area contributed by atoms with Crippen LogP contribution in [0.4, 0.5) is 0 Å². The predicted molar refractivity (Wildman–Crippen MR) is 94.6 cm³/mol. The van der Waals surface area contributed by atoms with Gasteiger partial charge in [-0.05, 0) is 42.5 Å². The van der Waals surface area contributed by atoms with Crippen molar-refractivity contribution < 1.29 is 9.59 Å². The monoisotopic (exact) mass is 359 g/mol. The molecule has 25 heavy (non-hydrogen) atoms. The van der Waals surface area contributed by atoms with Crippen molar-refractivity contribution in [1.29, 1.82) is 0 Å². The molecule has 0 aliphatic heterocycles. The number of H-pyrrole nitrogens is 1. The Morgan fingerprint density at radius 2 is 2.08 bits per heavy atom. The van der Waals surface area contributed by atoms with Crippen LogP contribution in [0, 0.1) is 0 Å². The van der Waals surface area contributed by atoms with Crippen LogP contribution in [0.2, 0.25) is 5.02 Å². The highest BCUT2D eigenvalue weighted by molar-refractivity contribution is 6.31. The minimum Gasteiger partial charge on any atom is -0.365 e. The second kappa shape index (κ2) is 7.11.